The van der Waals surface area contributed by atoms with E-state index in [1.54, 1.807) is 18.2 Å². The minimum absolute atomic E-state index is 0.116. The third kappa shape index (κ3) is 2.22. The number of ether oxygens (including phenoxy) is 2. The van der Waals surface area contributed by atoms with E-state index < -0.39 is 12.0 Å². The average molecular weight is 292 g/mol. The van der Waals surface area contributed by atoms with E-state index in [1.165, 1.54) is 13.2 Å². The van der Waals surface area contributed by atoms with Crippen molar-refractivity contribution in [3.63, 3.8) is 0 Å². The highest BCUT2D eigenvalue weighted by Gasteiger charge is 2.53. The first kappa shape index (κ1) is 13.8. The zero-order valence-corrected chi connectivity index (χ0v) is 11.4. The molecule has 5 heteroatoms. The molecule has 0 unspecified atom stereocenters. The fourth-order valence-corrected chi connectivity index (χ4v) is 2.79. The lowest BCUT2D eigenvalue weighted by Crippen LogP contribution is -2.22. The van der Waals surface area contributed by atoms with Crippen molar-refractivity contribution in [1.29, 1.82) is 0 Å². The maximum Gasteiger partial charge on any atom is 0.387 e. The Morgan fingerprint density at radius 1 is 1.14 bits per heavy atom. The van der Waals surface area contributed by atoms with Gasteiger partial charge in [0.15, 0.2) is 0 Å². The Morgan fingerprint density at radius 2 is 1.81 bits per heavy atom. The van der Waals surface area contributed by atoms with Crippen LogP contribution in [-0.2, 0) is 14.9 Å². The molecule has 0 radical (unpaired) electrons. The first-order valence-electron chi connectivity index (χ1n) is 6.64. The smallest absolute Gasteiger partial charge is 0.387 e. The van der Waals surface area contributed by atoms with Crippen molar-refractivity contribution in [2.24, 2.45) is 0 Å². The number of rotatable bonds is 4. The Labute approximate surface area is 120 Å². The second-order valence-corrected chi connectivity index (χ2v) is 5.11. The van der Waals surface area contributed by atoms with Gasteiger partial charge in [-0.25, -0.2) is 0 Å². The van der Waals surface area contributed by atoms with Crippen LogP contribution in [0.3, 0.4) is 0 Å². The zero-order valence-electron chi connectivity index (χ0n) is 11.4. The normalized spacial score (nSPS) is 16.0. The highest BCUT2D eigenvalue weighted by molar-refractivity contribution is 5.98. The Morgan fingerprint density at radius 3 is 2.38 bits per heavy atom. The number of halogens is 2. The summed E-state index contributed by atoms with van der Waals surface area (Å²) >= 11 is 0. The molecule has 0 aromatic heterocycles. The fraction of sp³-hybridized carbons (Fsp3) is 0.312. The molecule has 0 amide bonds. The highest BCUT2D eigenvalue weighted by atomic mass is 19.3. The second-order valence-electron chi connectivity index (χ2n) is 5.11. The van der Waals surface area contributed by atoms with Gasteiger partial charge in [-0.05, 0) is 29.9 Å². The summed E-state index contributed by atoms with van der Waals surface area (Å²) < 4.78 is 34.4. The second kappa shape index (κ2) is 4.98. The van der Waals surface area contributed by atoms with Crippen LogP contribution >= 0.6 is 0 Å². The van der Waals surface area contributed by atoms with Crippen LogP contribution in [0.15, 0.2) is 36.4 Å². The van der Waals surface area contributed by atoms with E-state index in [-0.39, 0.29) is 11.7 Å². The molecule has 0 saturated heterocycles. The number of carbonyl (C=O) groups is 1. The molecule has 1 saturated carbocycles. The summed E-state index contributed by atoms with van der Waals surface area (Å²) in [6.45, 7) is -2.88. The van der Waals surface area contributed by atoms with E-state index in [0.29, 0.717) is 18.2 Å². The van der Waals surface area contributed by atoms with Gasteiger partial charge in [0.2, 0.25) is 0 Å². The molecular formula is C16H14F2O3. The van der Waals surface area contributed by atoms with Crippen molar-refractivity contribution >= 4 is 16.7 Å². The minimum atomic E-state index is -2.88. The van der Waals surface area contributed by atoms with Crippen molar-refractivity contribution in [2.45, 2.75) is 24.9 Å². The molecular weight excluding hydrogens is 278 g/mol. The fourth-order valence-electron chi connectivity index (χ4n) is 2.79. The van der Waals surface area contributed by atoms with E-state index in [4.69, 9.17) is 4.74 Å². The van der Waals surface area contributed by atoms with Crippen LogP contribution in [0.4, 0.5) is 8.78 Å². The lowest BCUT2D eigenvalue weighted by Gasteiger charge is -2.17. The number of methoxy groups -OCH3 is 1. The molecule has 3 nitrogen and oxygen atoms in total. The summed E-state index contributed by atoms with van der Waals surface area (Å²) in [7, 11) is 1.36. The summed E-state index contributed by atoms with van der Waals surface area (Å²) in [5.41, 5.74) is 0.170. The SMILES string of the molecule is COC(=O)C1(c2ccc(OC(F)F)c3ccccc23)CC1. The first-order chi connectivity index (χ1) is 10.1. The van der Waals surface area contributed by atoms with Gasteiger partial charge in [0.05, 0.1) is 12.5 Å². The molecule has 110 valence electrons. The van der Waals surface area contributed by atoms with E-state index in [9.17, 15) is 13.6 Å². The van der Waals surface area contributed by atoms with Gasteiger partial charge >= 0.3 is 12.6 Å². The number of esters is 1. The summed E-state index contributed by atoms with van der Waals surface area (Å²) in [6.07, 6.45) is 1.41. The number of hydrogen-bond acceptors (Lipinski definition) is 3. The zero-order chi connectivity index (χ0) is 15.0. The Kier molecular flexibility index (Phi) is 3.27. The highest BCUT2D eigenvalue weighted by Crippen LogP contribution is 2.52. The molecule has 1 aliphatic rings. The quantitative estimate of drug-likeness (QED) is 0.807. The largest absolute Gasteiger partial charge is 0.468 e. The predicted molar refractivity (Wildman–Crippen MR) is 73.5 cm³/mol. The van der Waals surface area contributed by atoms with Crippen LogP contribution in [0.25, 0.3) is 10.8 Å². The third-order valence-electron chi connectivity index (χ3n) is 3.94. The molecule has 3 rings (SSSR count). The van der Waals surface area contributed by atoms with Gasteiger partial charge < -0.3 is 9.47 Å². The van der Waals surface area contributed by atoms with Crippen molar-refractivity contribution in [3.05, 3.63) is 42.0 Å². The van der Waals surface area contributed by atoms with Gasteiger partial charge in [-0.1, -0.05) is 30.3 Å². The van der Waals surface area contributed by atoms with Gasteiger partial charge in [0.25, 0.3) is 0 Å². The standard InChI is InChI=1S/C16H14F2O3/c1-20-14(19)16(8-9-16)12-6-7-13(21-15(17)18)11-5-3-2-4-10(11)12/h2-7,15H,8-9H2,1H3. The Balaban J connectivity index is 2.16. The summed E-state index contributed by atoms with van der Waals surface area (Å²) in [4.78, 5) is 12.0. The molecule has 1 aliphatic carbocycles. The molecule has 0 spiro atoms. The van der Waals surface area contributed by atoms with Crippen molar-refractivity contribution in [2.75, 3.05) is 7.11 Å². The molecule has 0 N–H and O–H groups in total. The van der Waals surface area contributed by atoms with Gasteiger partial charge in [-0.15, -0.1) is 0 Å². The van der Waals surface area contributed by atoms with E-state index in [2.05, 4.69) is 4.74 Å². The van der Waals surface area contributed by atoms with Gasteiger partial charge in [-0.2, -0.15) is 8.78 Å². The molecule has 21 heavy (non-hydrogen) atoms. The topological polar surface area (TPSA) is 35.5 Å². The average Bonchev–Trinajstić information content (AvgIpc) is 3.28. The molecule has 2 aromatic carbocycles. The van der Waals surface area contributed by atoms with Gasteiger partial charge in [0, 0.05) is 5.39 Å². The van der Waals surface area contributed by atoms with Crippen LogP contribution in [-0.4, -0.2) is 19.7 Å². The van der Waals surface area contributed by atoms with Crippen LogP contribution in [0.1, 0.15) is 18.4 Å². The van der Waals surface area contributed by atoms with Crippen molar-refractivity contribution in [3.8, 4) is 5.75 Å². The van der Waals surface area contributed by atoms with Crippen molar-refractivity contribution < 1.29 is 23.0 Å². The van der Waals surface area contributed by atoms with E-state index >= 15 is 0 Å². The molecule has 0 aliphatic heterocycles. The maximum absolute atomic E-state index is 12.5. The maximum atomic E-state index is 12.5. The molecule has 2 aromatic rings. The van der Waals surface area contributed by atoms with Gasteiger partial charge in [0.1, 0.15) is 5.75 Å². The minimum Gasteiger partial charge on any atom is -0.468 e. The molecule has 0 atom stereocenters. The summed E-state index contributed by atoms with van der Waals surface area (Å²) in [5.74, 6) is -0.166. The van der Waals surface area contributed by atoms with Gasteiger partial charge in [-0.3, -0.25) is 4.79 Å². The van der Waals surface area contributed by atoms with Crippen molar-refractivity contribution in [1.82, 2.24) is 0 Å². The molecule has 0 bridgehead atoms. The number of benzene rings is 2. The summed E-state index contributed by atoms with van der Waals surface area (Å²) in [5, 5.41) is 1.32. The van der Waals surface area contributed by atoms with Crippen LogP contribution < -0.4 is 4.74 Å². The van der Waals surface area contributed by atoms with E-state index in [1.807, 2.05) is 12.1 Å². The Bertz CT molecular complexity index is 693. The number of hydrogen-bond donors (Lipinski definition) is 0. The third-order valence-corrected chi connectivity index (χ3v) is 3.94. The number of carbonyl (C=O) groups excluding carboxylic acids is 1. The predicted octanol–water partition coefficient (Wildman–Crippen LogP) is 3.65. The number of fused-ring (bicyclic) bond motifs is 1. The molecule has 0 heterocycles. The Hall–Kier alpha value is -2.17. The van der Waals surface area contributed by atoms with E-state index in [0.717, 1.165) is 10.9 Å². The van der Waals surface area contributed by atoms with Crippen LogP contribution in [0, 0.1) is 0 Å². The number of alkyl halides is 2. The lowest BCUT2D eigenvalue weighted by atomic mass is 9.90. The monoisotopic (exact) mass is 292 g/mol. The molecule has 1 fully saturated rings. The first-order valence-corrected chi connectivity index (χ1v) is 6.64. The van der Waals surface area contributed by atoms with Crippen LogP contribution in [0.5, 0.6) is 5.75 Å². The lowest BCUT2D eigenvalue weighted by molar-refractivity contribution is -0.143. The van der Waals surface area contributed by atoms with Crippen LogP contribution in [0.2, 0.25) is 0 Å². The summed E-state index contributed by atoms with van der Waals surface area (Å²) in [6, 6.07) is 10.3.